The molecule has 5 aromatic carbocycles. The van der Waals surface area contributed by atoms with Crippen LogP contribution in [0.1, 0.15) is 52.6 Å². The van der Waals surface area contributed by atoms with Crippen molar-refractivity contribution in [2.45, 2.75) is 25.8 Å². The largest absolute Gasteiger partial charge is 0.534 e. The number of rotatable bonds is 9. The van der Waals surface area contributed by atoms with Crippen LogP contribution < -0.4 is 14.8 Å². The van der Waals surface area contributed by atoms with Crippen LogP contribution in [0, 0.1) is 0 Å². The van der Waals surface area contributed by atoms with Crippen molar-refractivity contribution < 1.29 is 14.0 Å². The number of hydrogen-bond acceptors (Lipinski definition) is 4. The summed E-state index contributed by atoms with van der Waals surface area (Å²) in [5.41, 5.74) is 3.13. The molecule has 6 heteroatoms. The minimum absolute atomic E-state index is 0.130. The average Bonchev–Trinajstić information content (AvgIpc) is 3.06. The zero-order chi connectivity index (χ0) is 32.5. The van der Waals surface area contributed by atoms with Crippen molar-refractivity contribution in [3.8, 4) is 5.75 Å². The van der Waals surface area contributed by atoms with E-state index in [1.54, 1.807) is 0 Å². The van der Waals surface area contributed by atoms with Gasteiger partial charge in [-0.2, -0.15) is 0 Å². The Morgan fingerprint density at radius 3 is 1.85 bits per heavy atom. The zero-order valence-corrected chi connectivity index (χ0v) is 28.2. The van der Waals surface area contributed by atoms with Gasteiger partial charge in [0.15, 0.2) is 0 Å². The third-order valence-corrected chi connectivity index (χ3v) is 13.8. The van der Waals surface area contributed by atoms with Gasteiger partial charge in [0.1, 0.15) is 5.75 Å². The fraction of sp³-hybridized carbons (Fsp3) is 0.200. The van der Waals surface area contributed by atoms with Crippen molar-refractivity contribution >= 4 is 53.4 Å². The molecule has 0 saturated heterocycles. The van der Waals surface area contributed by atoms with Crippen molar-refractivity contribution in [2.24, 2.45) is 0 Å². The van der Waals surface area contributed by atoms with Crippen LogP contribution in [0.15, 0.2) is 115 Å². The van der Waals surface area contributed by atoms with E-state index in [0.717, 1.165) is 27.6 Å². The van der Waals surface area contributed by atoms with E-state index in [0.29, 0.717) is 24.2 Å². The quantitative estimate of drug-likeness (QED) is 0.0997. The molecule has 6 rings (SSSR count). The maximum Gasteiger partial charge on any atom is 0.319 e. The maximum atomic E-state index is 13.4. The van der Waals surface area contributed by atoms with Gasteiger partial charge < -0.3 is 9.33 Å². The summed E-state index contributed by atoms with van der Waals surface area (Å²) in [6, 6.07) is 39.1. The summed E-state index contributed by atoms with van der Waals surface area (Å²) in [5, 5.41) is 3.97. The second-order valence-corrected chi connectivity index (χ2v) is 17.4. The Morgan fingerprint density at radius 1 is 0.696 bits per heavy atom. The zero-order valence-electron chi connectivity index (χ0n) is 27.2. The molecule has 5 aromatic rings. The molecule has 0 bridgehead atoms. The first-order valence-corrected chi connectivity index (χ1v) is 17.7. The lowest BCUT2D eigenvalue weighted by atomic mass is 9.91. The van der Waals surface area contributed by atoms with Gasteiger partial charge in [0.2, 0.25) is 0 Å². The Hall–Kier alpha value is -4.78. The van der Waals surface area contributed by atoms with Gasteiger partial charge >= 0.3 is 8.32 Å². The van der Waals surface area contributed by atoms with Gasteiger partial charge in [0.25, 0.3) is 11.8 Å². The van der Waals surface area contributed by atoms with Gasteiger partial charge in [0.05, 0.1) is 0 Å². The smallest absolute Gasteiger partial charge is 0.319 e. The highest BCUT2D eigenvalue weighted by molar-refractivity contribution is 7.00. The van der Waals surface area contributed by atoms with Crippen LogP contribution in [-0.2, 0) is 0 Å². The molecule has 0 fully saturated rings. The summed E-state index contributed by atoms with van der Waals surface area (Å²) < 4.78 is 7.16. The highest BCUT2D eigenvalue weighted by Crippen LogP contribution is 2.38. The summed E-state index contributed by atoms with van der Waals surface area (Å²) in [4.78, 5) is 30.0. The molecule has 1 aliphatic heterocycles. The SMILES string of the molecule is CN(C)CCN1C(=O)c2cccc3c(/C=C/c4ccc(O[Si](c5ccccc5)(c5ccccc5)C(C)(C)C)cc4)ccc(c23)C1=O. The van der Waals surface area contributed by atoms with E-state index in [1.165, 1.54) is 15.3 Å². The monoisotopic (exact) mass is 624 g/mol. The third-order valence-electron chi connectivity index (χ3n) is 8.82. The summed E-state index contributed by atoms with van der Waals surface area (Å²) in [7, 11) is 1.14. The van der Waals surface area contributed by atoms with E-state index in [9.17, 15) is 9.59 Å². The van der Waals surface area contributed by atoms with Gasteiger partial charge in [0, 0.05) is 29.6 Å². The Balaban J connectivity index is 1.30. The number of hydrogen-bond donors (Lipinski definition) is 0. The fourth-order valence-corrected chi connectivity index (χ4v) is 10.9. The highest BCUT2D eigenvalue weighted by Gasteiger charge is 2.52. The Morgan fingerprint density at radius 2 is 1.28 bits per heavy atom. The molecule has 1 heterocycles. The number of likely N-dealkylation sites (N-methyl/N-ethyl adjacent to an activating group) is 1. The second-order valence-electron chi connectivity index (χ2n) is 13.2. The molecule has 0 atom stereocenters. The molecule has 0 N–H and O–H groups in total. The molecule has 5 nitrogen and oxygen atoms in total. The molecule has 46 heavy (non-hydrogen) atoms. The van der Waals surface area contributed by atoms with Crippen LogP contribution in [-0.4, -0.2) is 57.1 Å². The van der Waals surface area contributed by atoms with Crippen LogP contribution in [0.3, 0.4) is 0 Å². The second kappa shape index (κ2) is 12.5. The lowest BCUT2D eigenvalue weighted by Gasteiger charge is -2.43. The Labute approximate surface area is 272 Å². The molecule has 232 valence electrons. The van der Waals surface area contributed by atoms with Crippen molar-refractivity contribution in [3.05, 3.63) is 138 Å². The number of carbonyl (C=O) groups is 2. The summed E-state index contributed by atoms with van der Waals surface area (Å²) in [5.74, 6) is 0.369. The van der Waals surface area contributed by atoms with Crippen molar-refractivity contribution in [3.63, 3.8) is 0 Å². The number of carbonyl (C=O) groups excluding carboxylic acids is 2. The van der Waals surface area contributed by atoms with Crippen LogP contribution in [0.4, 0.5) is 0 Å². The van der Waals surface area contributed by atoms with E-state index in [1.807, 2.05) is 55.4 Å². The Kier molecular flexibility index (Phi) is 8.51. The van der Waals surface area contributed by atoms with Crippen molar-refractivity contribution in [1.29, 1.82) is 0 Å². The fourth-order valence-electron chi connectivity index (χ4n) is 6.48. The standard InChI is InChI=1S/C40H40N2O3Si/c1-40(2,3)46(32-13-8-6-9-14-32,33-15-10-7-11-16-33)45-31-24-20-29(21-25-31)19-22-30-23-26-36-37-34(30)17-12-18-35(37)38(43)42(39(36)44)28-27-41(4)5/h6-26H,27-28H2,1-5H3/b22-19+. The Bertz CT molecular complexity index is 1850. The van der Waals surface area contributed by atoms with Crippen molar-refractivity contribution in [2.75, 3.05) is 27.2 Å². The van der Waals surface area contributed by atoms with Gasteiger partial charge in [-0.15, -0.1) is 0 Å². The van der Waals surface area contributed by atoms with Gasteiger partial charge in [-0.05, 0) is 70.3 Å². The number of nitrogens with zero attached hydrogens (tertiary/aromatic N) is 2. The summed E-state index contributed by atoms with van der Waals surface area (Å²) >= 11 is 0. The van der Waals surface area contributed by atoms with Gasteiger partial charge in [-0.1, -0.05) is 124 Å². The highest BCUT2D eigenvalue weighted by atomic mass is 28.4. The molecule has 0 saturated carbocycles. The van der Waals surface area contributed by atoms with Crippen LogP contribution in [0.5, 0.6) is 5.75 Å². The first kappa shape index (κ1) is 31.2. The number of imide groups is 1. The lowest BCUT2D eigenvalue weighted by molar-refractivity contribution is 0.0601. The van der Waals surface area contributed by atoms with E-state index >= 15 is 0 Å². The topological polar surface area (TPSA) is 49.9 Å². The predicted octanol–water partition coefficient (Wildman–Crippen LogP) is 7.11. The minimum atomic E-state index is -2.72. The van der Waals surface area contributed by atoms with Crippen LogP contribution in [0.25, 0.3) is 22.9 Å². The number of amides is 2. The van der Waals surface area contributed by atoms with E-state index < -0.39 is 8.32 Å². The first-order chi connectivity index (χ1) is 22.1. The van der Waals surface area contributed by atoms with E-state index in [2.05, 4.69) is 112 Å². The summed E-state index contributed by atoms with van der Waals surface area (Å²) in [6.07, 6.45) is 4.11. The van der Waals surface area contributed by atoms with E-state index in [-0.39, 0.29) is 16.9 Å². The van der Waals surface area contributed by atoms with Crippen molar-refractivity contribution in [1.82, 2.24) is 9.80 Å². The molecule has 1 aliphatic rings. The molecule has 0 unspecified atom stereocenters. The van der Waals surface area contributed by atoms with Gasteiger partial charge in [-0.3, -0.25) is 14.5 Å². The van der Waals surface area contributed by atoms with Crippen LogP contribution in [0.2, 0.25) is 5.04 Å². The molecule has 0 aliphatic carbocycles. The average molecular weight is 625 g/mol. The predicted molar refractivity (Wildman–Crippen MR) is 191 cm³/mol. The molecular weight excluding hydrogens is 585 g/mol. The first-order valence-electron chi connectivity index (χ1n) is 15.7. The lowest BCUT2D eigenvalue weighted by Crippen LogP contribution is -2.68. The van der Waals surface area contributed by atoms with E-state index in [4.69, 9.17) is 4.43 Å². The minimum Gasteiger partial charge on any atom is -0.534 e. The number of benzene rings is 5. The molecule has 0 aromatic heterocycles. The normalized spacial score (nSPS) is 13.7. The maximum absolute atomic E-state index is 13.4. The van der Waals surface area contributed by atoms with Crippen LogP contribution >= 0.6 is 0 Å². The molecular formula is C40H40N2O3Si. The molecule has 0 spiro atoms. The molecule has 2 amide bonds. The molecule has 0 radical (unpaired) electrons. The summed E-state index contributed by atoms with van der Waals surface area (Å²) in [6.45, 7) is 7.81. The third kappa shape index (κ3) is 5.70. The van der Waals surface area contributed by atoms with Gasteiger partial charge in [-0.25, -0.2) is 0 Å².